The third-order valence-corrected chi connectivity index (χ3v) is 3.23. The monoisotopic (exact) mass is 214 g/mol. The van der Waals surface area contributed by atoms with Crippen LogP contribution in [0.3, 0.4) is 0 Å². The molecule has 1 unspecified atom stereocenters. The Bertz CT molecular complexity index is 151. The summed E-state index contributed by atoms with van der Waals surface area (Å²) in [6, 6.07) is 0.770. The number of unbranched alkanes of at least 4 members (excludes halogenated alkanes) is 1. The second-order valence-corrected chi connectivity index (χ2v) is 4.44. The highest BCUT2D eigenvalue weighted by atomic mass is 16.5. The quantitative estimate of drug-likeness (QED) is 0.650. The minimum atomic E-state index is 0.770. The number of nitrogens with one attached hydrogen (secondary N) is 1. The molecule has 0 radical (unpaired) electrons. The van der Waals surface area contributed by atoms with E-state index in [0.29, 0.717) is 0 Å². The van der Waals surface area contributed by atoms with Crippen molar-refractivity contribution in [3.05, 3.63) is 0 Å². The molecule has 1 aliphatic heterocycles. The Morgan fingerprint density at radius 3 is 2.93 bits per heavy atom. The first kappa shape index (κ1) is 12.9. The molecule has 0 aliphatic carbocycles. The van der Waals surface area contributed by atoms with Crippen molar-refractivity contribution in [2.45, 2.75) is 38.1 Å². The minimum Gasteiger partial charge on any atom is -0.385 e. The molecular weight excluding hydrogens is 188 g/mol. The van der Waals surface area contributed by atoms with Crippen molar-refractivity contribution < 1.29 is 4.74 Å². The van der Waals surface area contributed by atoms with Gasteiger partial charge in [0.2, 0.25) is 0 Å². The molecule has 0 amide bonds. The Kier molecular flexibility index (Phi) is 6.98. The minimum absolute atomic E-state index is 0.770. The molecule has 3 heteroatoms. The highest BCUT2D eigenvalue weighted by Gasteiger charge is 2.20. The van der Waals surface area contributed by atoms with Crippen LogP contribution in [0.1, 0.15) is 32.1 Å². The van der Waals surface area contributed by atoms with Gasteiger partial charge < -0.3 is 10.1 Å². The number of methoxy groups -OCH3 is 1. The first-order valence-corrected chi connectivity index (χ1v) is 6.26. The Morgan fingerprint density at radius 2 is 2.20 bits per heavy atom. The Labute approximate surface area is 94.2 Å². The van der Waals surface area contributed by atoms with Gasteiger partial charge in [-0.25, -0.2) is 0 Å². The van der Waals surface area contributed by atoms with Gasteiger partial charge in [-0.3, -0.25) is 4.90 Å². The van der Waals surface area contributed by atoms with E-state index in [4.69, 9.17) is 4.74 Å². The summed E-state index contributed by atoms with van der Waals surface area (Å²) in [5.41, 5.74) is 0. The van der Waals surface area contributed by atoms with Crippen LogP contribution in [-0.2, 0) is 4.74 Å². The van der Waals surface area contributed by atoms with Gasteiger partial charge in [0, 0.05) is 26.3 Å². The summed E-state index contributed by atoms with van der Waals surface area (Å²) >= 11 is 0. The van der Waals surface area contributed by atoms with E-state index in [1.54, 1.807) is 7.11 Å². The van der Waals surface area contributed by atoms with Crippen LogP contribution < -0.4 is 5.32 Å². The summed E-state index contributed by atoms with van der Waals surface area (Å²) in [6.07, 6.45) is 6.61. The van der Waals surface area contributed by atoms with Gasteiger partial charge in [0.15, 0.2) is 0 Å². The maximum absolute atomic E-state index is 5.07. The van der Waals surface area contributed by atoms with E-state index in [1.165, 1.54) is 45.2 Å². The molecule has 1 atom stereocenters. The number of ether oxygens (including phenoxy) is 1. The molecule has 3 nitrogen and oxygen atoms in total. The van der Waals surface area contributed by atoms with E-state index < -0.39 is 0 Å². The summed E-state index contributed by atoms with van der Waals surface area (Å²) in [7, 11) is 3.84. The lowest BCUT2D eigenvalue weighted by atomic mass is 10.0. The van der Waals surface area contributed by atoms with Gasteiger partial charge in [-0.2, -0.15) is 0 Å². The van der Waals surface area contributed by atoms with E-state index >= 15 is 0 Å². The zero-order valence-corrected chi connectivity index (χ0v) is 10.3. The standard InChI is InChI=1S/C12H26N2O/c1-13-11-12-7-3-4-8-14(12)9-5-6-10-15-2/h12-13H,3-11H2,1-2H3. The predicted octanol–water partition coefficient (Wildman–Crippen LogP) is 1.49. The van der Waals surface area contributed by atoms with Gasteiger partial charge in [0.05, 0.1) is 0 Å². The average molecular weight is 214 g/mol. The van der Waals surface area contributed by atoms with E-state index in [1.807, 2.05) is 0 Å². The van der Waals surface area contributed by atoms with Gasteiger partial charge >= 0.3 is 0 Å². The molecule has 1 heterocycles. The summed E-state index contributed by atoms with van der Waals surface area (Å²) in [5.74, 6) is 0. The maximum atomic E-state index is 5.07. The summed E-state index contributed by atoms with van der Waals surface area (Å²) in [5, 5.41) is 3.30. The van der Waals surface area contributed by atoms with Crippen LogP contribution in [0.25, 0.3) is 0 Å². The molecule has 1 saturated heterocycles. The molecule has 0 aromatic heterocycles. The van der Waals surface area contributed by atoms with Crippen molar-refractivity contribution in [3.63, 3.8) is 0 Å². The summed E-state index contributed by atoms with van der Waals surface area (Å²) in [6.45, 7) is 4.59. The van der Waals surface area contributed by atoms with Gasteiger partial charge in [0.25, 0.3) is 0 Å². The van der Waals surface area contributed by atoms with Gasteiger partial charge in [-0.1, -0.05) is 6.42 Å². The number of likely N-dealkylation sites (N-methyl/N-ethyl adjacent to an activating group) is 1. The van der Waals surface area contributed by atoms with E-state index in [-0.39, 0.29) is 0 Å². The number of nitrogens with zero attached hydrogens (tertiary/aromatic N) is 1. The topological polar surface area (TPSA) is 24.5 Å². The van der Waals surface area contributed by atoms with Crippen LogP contribution in [-0.4, -0.2) is 51.3 Å². The van der Waals surface area contributed by atoms with Crippen LogP contribution in [0.5, 0.6) is 0 Å². The lowest BCUT2D eigenvalue weighted by molar-refractivity contribution is 0.135. The fourth-order valence-corrected chi connectivity index (χ4v) is 2.38. The first-order valence-electron chi connectivity index (χ1n) is 6.26. The SMILES string of the molecule is CNCC1CCCCN1CCCCOC. The normalized spacial score (nSPS) is 23.2. The van der Waals surface area contributed by atoms with Crippen LogP contribution in [0, 0.1) is 0 Å². The lowest BCUT2D eigenvalue weighted by Crippen LogP contribution is -2.45. The summed E-state index contributed by atoms with van der Waals surface area (Å²) in [4.78, 5) is 2.65. The summed E-state index contributed by atoms with van der Waals surface area (Å²) < 4.78 is 5.07. The molecule has 1 rings (SSSR count). The molecule has 0 aromatic carbocycles. The first-order chi connectivity index (χ1) is 7.38. The van der Waals surface area contributed by atoms with Crippen LogP contribution in [0.4, 0.5) is 0 Å². The third kappa shape index (κ3) is 4.96. The van der Waals surface area contributed by atoms with E-state index in [2.05, 4.69) is 17.3 Å². The lowest BCUT2D eigenvalue weighted by Gasteiger charge is -2.35. The molecule has 1 fully saturated rings. The molecule has 0 saturated carbocycles. The zero-order valence-electron chi connectivity index (χ0n) is 10.3. The van der Waals surface area contributed by atoms with Crippen LogP contribution in [0.15, 0.2) is 0 Å². The Balaban J connectivity index is 2.17. The predicted molar refractivity (Wildman–Crippen MR) is 64.2 cm³/mol. The van der Waals surface area contributed by atoms with E-state index in [9.17, 15) is 0 Å². The number of hydrogen-bond acceptors (Lipinski definition) is 3. The highest BCUT2D eigenvalue weighted by molar-refractivity contribution is 4.78. The molecule has 0 bridgehead atoms. The molecule has 1 N–H and O–H groups in total. The fraction of sp³-hybridized carbons (Fsp3) is 1.00. The molecule has 0 aromatic rings. The smallest absolute Gasteiger partial charge is 0.0462 e. The van der Waals surface area contributed by atoms with Crippen molar-refractivity contribution in [1.29, 1.82) is 0 Å². The second-order valence-electron chi connectivity index (χ2n) is 4.44. The van der Waals surface area contributed by atoms with Crippen molar-refractivity contribution in [1.82, 2.24) is 10.2 Å². The van der Waals surface area contributed by atoms with Gasteiger partial charge in [-0.15, -0.1) is 0 Å². The number of hydrogen-bond donors (Lipinski definition) is 1. The number of piperidine rings is 1. The fourth-order valence-electron chi connectivity index (χ4n) is 2.38. The molecular formula is C12H26N2O. The largest absolute Gasteiger partial charge is 0.385 e. The van der Waals surface area contributed by atoms with E-state index in [0.717, 1.165) is 19.2 Å². The van der Waals surface area contributed by atoms with Crippen LogP contribution in [0.2, 0.25) is 0 Å². The maximum Gasteiger partial charge on any atom is 0.0462 e. The van der Waals surface area contributed by atoms with Crippen LogP contribution >= 0.6 is 0 Å². The number of likely N-dealkylation sites (tertiary alicyclic amines) is 1. The Morgan fingerprint density at radius 1 is 1.33 bits per heavy atom. The highest BCUT2D eigenvalue weighted by Crippen LogP contribution is 2.16. The Hall–Kier alpha value is -0.120. The van der Waals surface area contributed by atoms with Gasteiger partial charge in [-0.05, 0) is 45.8 Å². The zero-order chi connectivity index (χ0) is 10.9. The van der Waals surface area contributed by atoms with Crippen molar-refractivity contribution in [2.24, 2.45) is 0 Å². The van der Waals surface area contributed by atoms with Crippen molar-refractivity contribution >= 4 is 0 Å². The third-order valence-electron chi connectivity index (χ3n) is 3.23. The van der Waals surface area contributed by atoms with Gasteiger partial charge in [0.1, 0.15) is 0 Å². The molecule has 15 heavy (non-hydrogen) atoms. The van der Waals surface area contributed by atoms with Crippen molar-refractivity contribution in [3.8, 4) is 0 Å². The molecule has 0 spiro atoms. The molecule has 90 valence electrons. The molecule has 1 aliphatic rings. The van der Waals surface area contributed by atoms with Crippen molar-refractivity contribution in [2.75, 3.05) is 40.4 Å². The second kappa shape index (κ2) is 8.08. The number of rotatable bonds is 7. The average Bonchev–Trinajstić information content (AvgIpc) is 2.27.